The Labute approximate surface area is 235 Å². The topological polar surface area (TPSA) is 88.0 Å². The van der Waals surface area contributed by atoms with E-state index in [1.165, 1.54) is 0 Å². The van der Waals surface area contributed by atoms with Crippen LogP contribution >= 0.6 is 0 Å². The minimum Gasteiger partial charge on any atom is -0.472 e. The highest BCUT2D eigenvalue weighted by atomic mass is 16.7. The molecule has 1 saturated carbocycles. The van der Waals surface area contributed by atoms with Crippen LogP contribution in [0.25, 0.3) is 11.1 Å². The second-order valence-electron chi connectivity index (χ2n) is 12.1. The number of aromatic nitrogens is 1. The molecule has 1 aromatic carbocycles. The van der Waals surface area contributed by atoms with Gasteiger partial charge in [0, 0.05) is 53.4 Å². The summed E-state index contributed by atoms with van der Waals surface area (Å²) < 4.78 is 19.0. The zero-order chi connectivity index (χ0) is 28.3. The molecule has 0 spiro atoms. The van der Waals surface area contributed by atoms with Crippen LogP contribution < -0.4 is 15.0 Å². The molecule has 212 valence electrons. The van der Waals surface area contributed by atoms with Crippen molar-refractivity contribution in [1.82, 2.24) is 14.8 Å². The van der Waals surface area contributed by atoms with Gasteiger partial charge < -0.3 is 28.7 Å². The van der Waals surface area contributed by atoms with Crippen molar-refractivity contribution in [2.75, 3.05) is 20.6 Å². The van der Waals surface area contributed by atoms with Gasteiger partial charge in [0.2, 0.25) is 0 Å². The first-order valence-corrected chi connectivity index (χ1v) is 14.3. The van der Waals surface area contributed by atoms with E-state index in [1.807, 2.05) is 39.8 Å². The molecule has 4 heterocycles. The van der Waals surface area contributed by atoms with Crippen LogP contribution in [0.15, 0.2) is 33.9 Å². The Bertz CT molecular complexity index is 1510. The molecule has 1 fully saturated rings. The number of benzene rings is 1. The second kappa shape index (κ2) is 9.84. The first-order valence-electron chi connectivity index (χ1n) is 14.3. The predicted molar refractivity (Wildman–Crippen MR) is 153 cm³/mol. The van der Waals surface area contributed by atoms with E-state index in [1.54, 1.807) is 17.4 Å². The molecular formula is C32H39N3O5. The summed E-state index contributed by atoms with van der Waals surface area (Å²) in [4.78, 5) is 33.8. The van der Waals surface area contributed by atoms with Crippen LogP contribution in [0.3, 0.4) is 0 Å². The molecule has 1 unspecified atom stereocenters. The lowest BCUT2D eigenvalue weighted by molar-refractivity contribution is -0.123. The normalized spacial score (nSPS) is 24.1. The SMILES string of the molecule is Cc1cc(C)c(CN2CCc3c(c(C)c4c(c3-c3ccoc3)OC(C)(C3CCC(N(C)C)CC3)O4)C2=O)c(=O)[nH]1. The zero-order valence-corrected chi connectivity index (χ0v) is 24.3. The summed E-state index contributed by atoms with van der Waals surface area (Å²) in [5, 5.41) is 0. The number of furan rings is 1. The van der Waals surface area contributed by atoms with Crippen molar-refractivity contribution in [3.63, 3.8) is 0 Å². The minimum atomic E-state index is -0.804. The maximum Gasteiger partial charge on any atom is 0.254 e. The molecule has 1 amide bonds. The largest absolute Gasteiger partial charge is 0.472 e. The molecule has 2 aromatic heterocycles. The van der Waals surface area contributed by atoms with Gasteiger partial charge in [0.1, 0.15) is 0 Å². The van der Waals surface area contributed by atoms with Crippen LogP contribution in [-0.2, 0) is 13.0 Å². The molecule has 0 radical (unpaired) electrons. The summed E-state index contributed by atoms with van der Waals surface area (Å²) >= 11 is 0. The van der Waals surface area contributed by atoms with Crippen LogP contribution in [0.5, 0.6) is 11.5 Å². The summed E-state index contributed by atoms with van der Waals surface area (Å²) in [5.41, 5.74) is 6.34. The number of nitrogens with zero attached hydrogens (tertiary/aromatic N) is 2. The van der Waals surface area contributed by atoms with E-state index in [4.69, 9.17) is 13.9 Å². The number of carbonyl (C=O) groups is 1. The minimum absolute atomic E-state index is 0.0886. The number of amides is 1. The highest BCUT2D eigenvalue weighted by Crippen LogP contribution is 2.55. The Morgan fingerprint density at radius 1 is 1.05 bits per heavy atom. The quantitative estimate of drug-likeness (QED) is 0.464. The first-order chi connectivity index (χ1) is 19.1. The van der Waals surface area contributed by atoms with Crippen LogP contribution in [0, 0.1) is 26.7 Å². The monoisotopic (exact) mass is 545 g/mol. The van der Waals surface area contributed by atoms with Gasteiger partial charge in [0.15, 0.2) is 11.5 Å². The molecule has 1 atom stereocenters. The first kappa shape index (κ1) is 26.7. The average molecular weight is 546 g/mol. The molecule has 2 aliphatic heterocycles. The van der Waals surface area contributed by atoms with Crippen molar-refractivity contribution in [3.8, 4) is 22.6 Å². The van der Waals surface area contributed by atoms with Crippen LogP contribution in [0.4, 0.5) is 0 Å². The van der Waals surface area contributed by atoms with Gasteiger partial charge in [-0.3, -0.25) is 9.59 Å². The number of carbonyl (C=O) groups excluding carboxylic acids is 1. The van der Waals surface area contributed by atoms with Crippen molar-refractivity contribution in [2.45, 2.75) is 78.2 Å². The third-order valence-corrected chi connectivity index (χ3v) is 9.32. The zero-order valence-electron chi connectivity index (χ0n) is 24.3. The Kier molecular flexibility index (Phi) is 6.56. The van der Waals surface area contributed by atoms with Crippen molar-refractivity contribution in [3.05, 3.63) is 68.5 Å². The van der Waals surface area contributed by atoms with E-state index < -0.39 is 5.79 Å². The number of ether oxygens (including phenoxy) is 2. The van der Waals surface area contributed by atoms with Gasteiger partial charge in [-0.15, -0.1) is 0 Å². The molecule has 0 bridgehead atoms. The number of pyridine rings is 1. The fourth-order valence-electron chi connectivity index (χ4n) is 6.99. The molecule has 1 N–H and O–H groups in total. The standard InChI is InChI=1S/C32H39N3O5/c1-18-15-19(2)33-30(36)25(18)16-35-13-11-24-26(31(35)37)20(3)28-29(27(24)21-12-14-38-17-21)40-32(4,39-28)22-7-9-23(10-8-22)34(5)6/h12,14-15,17,22-23H,7-11,13,16H2,1-6H3,(H,33,36). The number of rotatable bonds is 5. The number of hydrogen-bond donors (Lipinski definition) is 1. The van der Waals surface area contributed by atoms with Crippen molar-refractivity contribution in [2.24, 2.45) is 5.92 Å². The van der Waals surface area contributed by atoms with E-state index >= 15 is 0 Å². The molecule has 0 saturated heterocycles. The van der Waals surface area contributed by atoms with Gasteiger partial charge in [-0.2, -0.15) is 0 Å². The molecule has 40 heavy (non-hydrogen) atoms. The molecule has 3 aromatic rings. The Balaban J connectivity index is 1.38. The van der Waals surface area contributed by atoms with Crippen LogP contribution in [0.2, 0.25) is 0 Å². The van der Waals surface area contributed by atoms with E-state index in [0.717, 1.165) is 59.2 Å². The van der Waals surface area contributed by atoms with Gasteiger partial charge >= 0.3 is 0 Å². The number of H-pyrrole nitrogens is 1. The number of hydrogen-bond acceptors (Lipinski definition) is 6. The van der Waals surface area contributed by atoms with Gasteiger partial charge in [0.25, 0.3) is 17.3 Å². The summed E-state index contributed by atoms with van der Waals surface area (Å²) in [7, 11) is 4.29. The maximum absolute atomic E-state index is 14.1. The second-order valence-corrected chi connectivity index (χ2v) is 12.1. The fourth-order valence-corrected chi connectivity index (χ4v) is 6.99. The molecule has 3 aliphatic rings. The Morgan fingerprint density at radius 2 is 1.77 bits per heavy atom. The molecule has 8 heteroatoms. The van der Waals surface area contributed by atoms with Crippen molar-refractivity contribution >= 4 is 5.91 Å². The average Bonchev–Trinajstić information content (AvgIpc) is 3.56. The van der Waals surface area contributed by atoms with Gasteiger partial charge in [-0.05, 0) is 90.2 Å². The highest BCUT2D eigenvalue weighted by molar-refractivity contribution is 6.02. The summed E-state index contributed by atoms with van der Waals surface area (Å²) in [6, 6.07) is 4.44. The van der Waals surface area contributed by atoms with Gasteiger partial charge in [-0.1, -0.05) is 0 Å². The number of aryl methyl sites for hydroxylation is 2. The molecule has 1 aliphatic carbocycles. The molecular weight excluding hydrogens is 506 g/mol. The van der Waals surface area contributed by atoms with Gasteiger partial charge in [0.05, 0.1) is 24.6 Å². The van der Waals surface area contributed by atoms with Gasteiger partial charge in [-0.25, -0.2) is 0 Å². The number of aromatic amines is 1. The third-order valence-electron chi connectivity index (χ3n) is 9.32. The molecule has 8 nitrogen and oxygen atoms in total. The highest BCUT2D eigenvalue weighted by Gasteiger charge is 2.49. The Hall–Kier alpha value is -3.52. The van der Waals surface area contributed by atoms with E-state index in [2.05, 4.69) is 24.0 Å². The molecule has 6 rings (SSSR count). The lowest BCUT2D eigenvalue weighted by Gasteiger charge is -2.39. The number of fused-ring (bicyclic) bond motifs is 2. The van der Waals surface area contributed by atoms with E-state index in [0.29, 0.717) is 41.6 Å². The Morgan fingerprint density at radius 3 is 2.42 bits per heavy atom. The third kappa shape index (κ3) is 4.33. The summed E-state index contributed by atoms with van der Waals surface area (Å²) in [5.74, 6) is 0.707. The van der Waals surface area contributed by atoms with E-state index in [-0.39, 0.29) is 23.9 Å². The van der Waals surface area contributed by atoms with E-state index in [9.17, 15) is 9.59 Å². The van der Waals surface area contributed by atoms with Crippen LogP contribution in [-0.4, -0.2) is 53.2 Å². The predicted octanol–water partition coefficient (Wildman–Crippen LogP) is 5.37. The number of nitrogens with one attached hydrogen (secondary N) is 1. The lowest BCUT2D eigenvalue weighted by Crippen LogP contribution is -2.46. The summed E-state index contributed by atoms with van der Waals surface area (Å²) in [6.07, 6.45) is 8.24. The van der Waals surface area contributed by atoms with Crippen molar-refractivity contribution < 1.29 is 18.7 Å². The maximum atomic E-state index is 14.1. The summed E-state index contributed by atoms with van der Waals surface area (Å²) in [6.45, 7) is 8.57. The lowest BCUT2D eigenvalue weighted by atomic mass is 9.81. The van der Waals surface area contributed by atoms with Crippen LogP contribution in [0.1, 0.15) is 70.9 Å². The fraction of sp³-hybridized carbons (Fsp3) is 0.500. The van der Waals surface area contributed by atoms with Crippen molar-refractivity contribution in [1.29, 1.82) is 0 Å². The smallest absolute Gasteiger partial charge is 0.254 e.